The van der Waals surface area contributed by atoms with Crippen molar-refractivity contribution in [1.29, 1.82) is 0 Å². The summed E-state index contributed by atoms with van der Waals surface area (Å²) in [5, 5.41) is 10.0. The fourth-order valence-corrected chi connectivity index (χ4v) is 1.62. The van der Waals surface area contributed by atoms with Crippen molar-refractivity contribution in [1.82, 2.24) is 9.97 Å². The van der Waals surface area contributed by atoms with E-state index in [-0.39, 0.29) is 5.75 Å². The first-order valence-electron chi connectivity index (χ1n) is 4.56. The van der Waals surface area contributed by atoms with Crippen molar-refractivity contribution in [3.05, 3.63) is 39.6 Å². The number of phenols is 1. The second kappa shape index (κ2) is 4.39. The maximum absolute atomic E-state index is 9.71. The number of nitrogens with zero attached hydrogens (tertiary/aromatic N) is 2. The van der Waals surface area contributed by atoms with E-state index < -0.39 is 0 Å². The second-order valence-electron chi connectivity index (χ2n) is 3.35. The minimum Gasteiger partial charge on any atom is -0.507 e. The molecular formula is C11H8BrClN2O. The summed E-state index contributed by atoms with van der Waals surface area (Å²) < 4.78 is 0.630. The highest BCUT2D eigenvalue weighted by molar-refractivity contribution is 9.10. The molecule has 5 heteroatoms. The van der Waals surface area contributed by atoms with Gasteiger partial charge in [-0.1, -0.05) is 23.2 Å². The summed E-state index contributed by atoms with van der Waals surface area (Å²) in [7, 11) is 0. The lowest BCUT2D eigenvalue weighted by Gasteiger charge is -2.05. The molecule has 0 bridgehead atoms. The number of hydrogen-bond acceptors (Lipinski definition) is 3. The molecule has 82 valence electrons. The van der Waals surface area contributed by atoms with Gasteiger partial charge in [-0.3, -0.25) is 0 Å². The Bertz CT molecular complexity index is 546. The van der Waals surface area contributed by atoms with Gasteiger partial charge in [0.15, 0.2) is 5.82 Å². The number of hydrogen-bond donors (Lipinski definition) is 1. The maximum Gasteiger partial charge on any atom is 0.164 e. The van der Waals surface area contributed by atoms with Crippen molar-refractivity contribution in [3.63, 3.8) is 0 Å². The third-order valence-electron chi connectivity index (χ3n) is 2.09. The van der Waals surface area contributed by atoms with E-state index in [4.69, 9.17) is 11.6 Å². The SMILES string of the molecule is Cc1ccc(O)c(-c2ncc(Br)c(Cl)n2)c1. The molecule has 2 aromatic rings. The zero-order valence-electron chi connectivity index (χ0n) is 8.41. The highest BCUT2D eigenvalue weighted by atomic mass is 79.9. The molecule has 1 N–H and O–H groups in total. The summed E-state index contributed by atoms with van der Waals surface area (Å²) in [5.74, 6) is 0.554. The van der Waals surface area contributed by atoms with E-state index in [1.807, 2.05) is 19.1 Å². The van der Waals surface area contributed by atoms with Crippen LogP contribution in [0.15, 0.2) is 28.9 Å². The molecule has 0 fully saturated rings. The van der Waals surface area contributed by atoms with Crippen LogP contribution in [0.1, 0.15) is 5.56 Å². The zero-order chi connectivity index (χ0) is 11.7. The van der Waals surface area contributed by atoms with E-state index in [9.17, 15) is 5.11 Å². The molecule has 0 spiro atoms. The zero-order valence-corrected chi connectivity index (χ0v) is 10.7. The fourth-order valence-electron chi connectivity index (χ4n) is 1.31. The van der Waals surface area contributed by atoms with Crippen molar-refractivity contribution in [2.75, 3.05) is 0 Å². The van der Waals surface area contributed by atoms with Crippen LogP contribution in [-0.2, 0) is 0 Å². The minimum absolute atomic E-state index is 0.143. The molecule has 0 amide bonds. The van der Waals surface area contributed by atoms with Crippen LogP contribution in [0.3, 0.4) is 0 Å². The summed E-state index contributed by atoms with van der Waals surface area (Å²) in [4.78, 5) is 8.20. The van der Waals surface area contributed by atoms with E-state index in [1.165, 1.54) is 0 Å². The molecule has 1 aromatic carbocycles. The predicted octanol–water partition coefficient (Wildman–Crippen LogP) is 3.57. The van der Waals surface area contributed by atoms with Gasteiger partial charge in [0.1, 0.15) is 10.9 Å². The third-order valence-corrected chi connectivity index (χ3v) is 3.19. The summed E-state index contributed by atoms with van der Waals surface area (Å²) in [6, 6.07) is 5.25. The van der Waals surface area contributed by atoms with Crippen LogP contribution in [-0.4, -0.2) is 15.1 Å². The lowest BCUT2D eigenvalue weighted by atomic mass is 10.1. The Kier molecular flexibility index (Phi) is 3.12. The standard InChI is InChI=1S/C11H8BrClN2O/c1-6-2-3-9(16)7(4-6)11-14-5-8(12)10(13)15-11/h2-5,16H,1H3. The summed E-state index contributed by atoms with van der Waals surface area (Å²) in [5.41, 5.74) is 1.60. The molecule has 0 aliphatic carbocycles. The van der Waals surface area contributed by atoms with Gasteiger partial charge in [-0.2, -0.15) is 0 Å². The van der Waals surface area contributed by atoms with Crippen molar-refractivity contribution in [2.45, 2.75) is 6.92 Å². The van der Waals surface area contributed by atoms with Crippen molar-refractivity contribution < 1.29 is 5.11 Å². The number of halogens is 2. The normalized spacial score (nSPS) is 10.4. The Morgan fingerprint density at radius 3 is 2.81 bits per heavy atom. The average Bonchev–Trinajstić information content (AvgIpc) is 2.26. The third kappa shape index (κ3) is 2.18. The molecule has 3 nitrogen and oxygen atoms in total. The summed E-state index contributed by atoms with van der Waals surface area (Å²) >= 11 is 9.09. The van der Waals surface area contributed by atoms with Crippen molar-refractivity contribution in [2.24, 2.45) is 0 Å². The maximum atomic E-state index is 9.71. The van der Waals surface area contributed by atoms with Crippen LogP contribution in [0, 0.1) is 6.92 Å². The fraction of sp³-hybridized carbons (Fsp3) is 0.0909. The first kappa shape index (κ1) is 11.4. The minimum atomic E-state index is 0.143. The van der Waals surface area contributed by atoms with E-state index >= 15 is 0 Å². The second-order valence-corrected chi connectivity index (χ2v) is 4.57. The van der Waals surface area contributed by atoms with E-state index in [0.717, 1.165) is 5.56 Å². The van der Waals surface area contributed by atoms with Gasteiger partial charge in [0, 0.05) is 6.20 Å². The smallest absolute Gasteiger partial charge is 0.164 e. The first-order chi connectivity index (χ1) is 7.58. The van der Waals surface area contributed by atoms with Crippen LogP contribution in [0.5, 0.6) is 5.75 Å². The average molecular weight is 300 g/mol. The Labute approximate surface area is 106 Å². The van der Waals surface area contributed by atoms with Gasteiger partial charge < -0.3 is 5.11 Å². The van der Waals surface area contributed by atoms with Crippen molar-refractivity contribution >= 4 is 27.5 Å². The van der Waals surface area contributed by atoms with Crippen LogP contribution in [0.2, 0.25) is 5.15 Å². The van der Waals surface area contributed by atoms with E-state index in [0.29, 0.717) is 21.0 Å². The molecule has 0 saturated heterocycles. The number of rotatable bonds is 1. The predicted molar refractivity (Wildman–Crippen MR) is 66.6 cm³/mol. The van der Waals surface area contributed by atoms with E-state index in [1.54, 1.807) is 12.3 Å². The highest BCUT2D eigenvalue weighted by Crippen LogP contribution is 2.29. The Morgan fingerprint density at radius 2 is 2.12 bits per heavy atom. The van der Waals surface area contributed by atoms with Gasteiger partial charge in [-0.25, -0.2) is 9.97 Å². The van der Waals surface area contributed by atoms with Crippen LogP contribution >= 0.6 is 27.5 Å². The van der Waals surface area contributed by atoms with Crippen LogP contribution < -0.4 is 0 Å². The van der Waals surface area contributed by atoms with E-state index in [2.05, 4.69) is 25.9 Å². The first-order valence-corrected chi connectivity index (χ1v) is 5.73. The number of phenolic OH excluding ortho intramolecular Hbond substituents is 1. The molecular weight excluding hydrogens is 291 g/mol. The molecule has 1 aromatic heterocycles. The van der Waals surface area contributed by atoms with Gasteiger partial charge >= 0.3 is 0 Å². The van der Waals surface area contributed by atoms with Crippen LogP contribution in [0.25, 0.3) is 11.4 Å². The van der Waals surface area contributed by atoms with Gasteiger partial charge in [0.2, 0.25) is 0 Å². The number of benzene rings is 1. The molecule has 0 aliphatic heterocycles. The Balaban J connectivity index is 2.58. The molecule has 0 atom stereocenters. The van der Waals surface area contributed by atoms with Crippen molar-refractivity contribution in [3.8, 4) is 17.1 Å². The molecule has 0 unspecified atom stereocenters. The van der Waals surface area contributed by atoms with Crippen LogP contribution in [0.4, 0.5) is 0 Å². The largest absolute Gasteiger partial charge is 0.507 e. The van der Waals surface area contributed by atoms with Gasteiger partial charge in [-0.05, 0) is 35.0 Å². The Hall–Kier alpha value is -1.13. The quantitative estimate of drug-likeness (QED) is 0.819. The monoisotopic (exact) mass is 298 g/mol. The Morgan fingerprint density at radius 1 is 1.38 bits per heavy atom. The number of aryl methyl sites for hydroxylation is 1. The molecule has 2 rings (SSSR count). The van der Waals surface area contributed by atoms with Gasteiger partial charge in [0.25, 0.3) is 0 Å². The highest BCUT2D eigenvalue weighted by Gasteiger charge is 2.09. The molecule has 1 heterocycles. The number of aromatic nitrogens is 2. The lowest BCUT2D eigenvalue weighted by Crippen LogP contribution is -1.91. The lowest BCUT2D eigenvalue weighted by molar-refractivity contribution is 0.476. The van der Waals surface area contributed by atoms with Gasteiger partial charge in [-0.15, -0.1) is 0 Å². The molecule has 0 aliphatic rings. The summed E-state index contributed by atoms with van der Waals surface area (Å²) in [6.45, 7) is 1.93. The van der Waals surface area contributed by atoms with Gasteiger partial charge in [0.05, 0.1) is 10.0 Å². The molecule has 16 heavy (non-hydrogen) atoms. The topological polar surface area (TPSA) is 46.0 Å². The number of aromatic hydroxyl groups is 1. The molecule has 0 saturated carbocycles. The summed E-state index contributed by atoms with van der Waals surface area (Å²) in [6.07, 6.45) is 1.56. The molecule has 0 radical (unpaired) electrons.